The molecule has 0 unspecified atom stereocenters. The minimum absolute atomic E-state index is 0.0253. The number of carbonyl (C=O) groups is 1. The Morgan fingerprint density at radius 3 is 2.52 bits per heavy atom. The van der Waals surface area contributed by atoms with Crippen LogP contribution in [0.4, 0.5) is 10.1 Å². The van der Waals surface area contributed by atoms with Gasteiger partial charge in [-0.15, -0.1) is 0 Å². The van der Waals surface area contributed by atoms with Gasteiger partial charge in [-0.2, -0.15) is 0 Å². The van der Waals surface area contributed by atoms with Crippen LogP contribution < -0.4 is 9.62 Å². The zero-order chi connectivity index (χ0) is 21.0. The van der Waals surface area contributed by atoms with Crippen LogP contribution in [-0.2, 0) is 6.54 Å². The molecule has 8 heteroatoms. The lowest BCUT2D eigenvalue weighted by Crippen LogP contribution is -2.46. The SMILES string of the molecule is CCSNC(=O)c1cc(Cl)c(CN2CCN(c3ccc(Cl)c(C)c3)CC2)cc1F. The van der Waals surface area contributed by atoms with Gasteiger partial charge in [-0.25, -0.2) is 4.39 Å². The summed E-state index contributed by atoms with van der Waals surface area (Å²) in [6.45, 7) is 7.89. The number of amides is 1. The highest BCUT2D eigenvalue weighted by Crippen LogP contribution is 2.26. The zero-order valence-electron chi connectivity index (χ0n) is 16.5. The first-order valence-electron chi connectivity index (χ1n) is 9.52. The normalized spacial score (nSPS) is 14.9. The molecule has 3 rings (SSSR count). The minimum atomic E-state index is -0.547. The van der Waals surface area contributed by atoms with E-state index in [1.54, 1.807) is 0 Å². The van der Waals surface area contributed by atoms with Crippen LogP contribution in [0.5, 0.6) is 0 Å². The molecule has 1 N–H and O–H groups in total. The number of nitrogens with one attached hydrogen (secondary N) is 1. The number of halogens is 3. The standard InChI is InChI=1S/C21H24Cl2FN3OS/c1-3-29-25-21(28)17-12-19(23)15(11-20(17)24)13-26-6-8-27(9-7-26)16-4-5-18(22)14(2)10-16/h4-5,10-12H,3,6-9,13H2,1-2H3,(H,25,28). The second-order valence-electron chi connectivity index (χ2n) is 6.98. The van der Waals surface area contributed by atoms with Crippen LogP contribution in [0, 0.1) is 12.7 Å². The highest BCUT2D eigenvalue weighted by Gasteiger charge is 2.20. The molecule has 0 spiro atoms. The average molecular weight is 456 g/mol. The number of anilines is 1. The molecular formula is C21H24Cl2FN3OS. The summed E-state index contributed by atoms with van der Waals surface area (Å²) in [6, 6.07) is 8.87. The van der Waals surface area contributed by atoms with E-state index in [1.165, 1.54) is 24.1 Å². The molecule has 29 heavy (non-hydrogen) atoms. The molecule has 1 saturated heterocycles. The summed E-state index contributed by atoms with van der Waals surface area (Å²) in [5.74, 6) is -0.302. The quantitative estimate of drug-likeness (QED) is 0.609. The van der Waals surface area contributed by atoms with E-state index >= 15 is 0 Å². The molecule has 1 aliphatic heterocycles. The number of benzene rings is 2. The third-order valence-electron chi connectivity index (χ3n) is 4.96. The molecule has 1 heterocycles. The predicted molar refractivity (Wildman–Crippen MR) is 121 cm³/mol. The van der Waals surface area contributed by atoms with Gasteiger partial charge in [0.2, 0.25) is 0 Å². The molecule has 0 bridgehead atoms. The second kappa shape index (κ2) is 10.0. The van der Waals surface area contributed by atoms with Gasteiger partial charge in [0.1, 0.15) is 5.82 Å². The first-order chi connectivity index (χ1) is 13.9. The van der Waals surface area contributed by atoms with Gasteiger partial charge in [-0.1, -0.05) is 42.1 Å². The van der Waals surface area contributed by atoms with Crippen molar-refractivity contribution in [3.8, 4) is 0 Å². The number of hydrogen-bond donors (Lipinski definition) is 1. The van der Waals surface area contributed by atoms with E-state index in [-0.39, 0.29) is 5.56 Å². The lowest BCUT2D eigenvalue weighted by molar-refractivity contribution is 0.0980. The molecule has 0 aromatic heterocycles. The molecule has 4 nitrogen and oxygen atoms in total. The van der Waals surface area contributed by atoms with Crippen LogP contribution >= 0.6 is 35.1 Å². The van der Waals surface area contributed by atoms with Crippen LogP contribution in [0.25, 0.3) is 0 Å². The zero-order valence-corrected chi connectivity index (χ0v) is 18.8. The summed E-state index contributed by atoms with van der Waals surface area (Å²) < 4.78 is 17.0. The van der Waals surface area contributed by atoms with Gasteiger partial charge < -0.3 is 4.90 Å². The van der Waals surface area contributed by atoms with Crippen LogP contribution in [0.2, 0.25) is 10.0 Å². The summed E-state index contributed by atoms with van der Waals surface area (Å²) in [4.78, 5) is 16.6. The number of hydrogen-bond acceptors (Lipinski definition) is 4. The lowest BCUT2D eigenvalue weighted by Gasteiger charge is -2.36. The maximum Gasteiger partial charge on any atom is 0.264 e. The largest absolute Gasteiger partial charge is 0.369 e. The molecule has 2 aromatic carbocycles. The number of nitrogens with zero attached hydrogens (tertiary/aromatic N) is 2. The third kappa shape index (κ3) is 5.57. The molecular weight excluding hydrogens is 432 g/mol. The predicted octanol–water partition coefficient (Wildman–Crippen LogP) is 5.16. The number of aryl methyl sites for hydroxylation is 1. The fourth-order valence-corrected chi connectivity index (χ4v) is 4.03. The van der Waals surface area contributed by atoms with Crippen molar-refractivity contribution in [1.29, 1.82) is 0 Å². The smallest absolute Gasteiger partial charge is 0.264 e. The van der Waals surface area contributed by atoms with E-state index in [0.717, 1.165) is 42.5 Å². The van der Waals surface area contributed by atoms with E-state index in [0.29, 0.717) is 22.9 Å². The molecule has 1 aliphatic rings. The summed E-state index contributed by atoms with van der Waals surface area (Å²) in [6.07, 6.45) is 0. The Balaban J connectivity index is 1.62. The van der Waals surface area contributed by atoms with Crippen molar-refractivity contribution in [1.82, 2.24) is 9.62 Å². The van der Waals surface area contributed by atoms with Gasteiger partial charge in [0.15, 0.2) is 0 Å². The van der Waals surface area contributed by atoms with E-state index in [2.05, 4.69) is 20.6 Å². The van der Waals surface area contributed by atoms with Crippen LogP contribution in [0.1, 0.15) is 28.4 Å². The second-order valence-corrected chi connectivity index (χ2v) is 8.87. The van der Waals surface area contributed by atoms with Crippen LogP contribution in [-0.4, -0.2) is 42.7 Å². The Morgan fingerprint density at radius 1 is 1.14 bits per heavy atom. The van der Waals surface area contributed by atoms with Gasteiger partial charge in [0.25, 0.3) is 5.91 Å². The van der Waals surface area contributed by atoms with E-state index in [4.69, 9.17) is 23.2 Å². The average Bonchev–Trinajstić information content (AvgIpc) is 2.71. The summed E-state index contributed by atoms with van der Waals surface area (Å²) in [7, 11) is 0. The van der Waals surface area contributed by atoms with E-state index < -0.39 is 11.7 Å². The summed E-state index contributed by atoms with van der Waals surface area (Å²) >= 11 is 13.7. The van der Waals surface area contributed by atoms with Gasteiger partial charge in [-0.3, -0.25) is 14.4 Å². The Bertz CT molecular complexity index is 888. The van der Waals surface area contributed by atoms with Crippen molar-refractivity contribution in [2.45, 2.75) is 20.4 Å². The van der Waals surface area contributed by atoms with Gasteiger partial charge in [0.05, 0.1) is 5.56 Å². The maximum atomic E-state index is 14.4. The van der Waals surface area contributed by atoms with Crippen molar-refractivity contribution in [3.63, 3.8) is 0 Å². The Kier molecular flexibility index (Phi) is 7.68. The summed E-state index contributed by atoms with van der Waals surface area (Å²) in [5, 5.41) is 1.18. The highest BCUT2D eigenvalue weighted by atomic mass is 35.5. The van der Waals surface area contributed by atoms with Crippen molar-refractivity contribution >= 4 is 46.7 Å². The molecule has 0 saturated carbocycles. The van der Waals surface area contributed by atoms with E-state index in [1.807, 2.05) is 26.0 Å². The molecule has 0 aliphatic carbocycles. The number of rotatable bonds is 6. The van der Waals surface area contributed by atoms with Crippen molar-refractivity contribution < 1.29 is 9.18 Å². The van der Waals surface area contributed by atoms with Crippen molar-refractivity contribution in [2.75, 3.05) is 36.8 Å². The van der Waals surface area contributed by atoms with Crippen molar-refractivity contribution in [3.05, 3.63) is 62.9 Å². The van der Waals surface area contributed by atoms with E-state index in [9.17, 15) is 9.18 Å². The van der Waals surface area contributed by atoms with Gasteiger partial charge in [-0.05, 0) is 48.4 Å². The Hall–Kier alpha value is -1.47. The Labute approximate surface area is 185 Å². The van der Waals surface area contributed by atoms with Gasteiger partial charge >= 0.3 is 0 Å². The number of carbonyl (C=O) groups excluding carboxylic acids is 1. The van der Waals surface area contributed by atoms with Gasteiger partial charge in [0, 0.05) is 54.2 Å². The number of piperazine rings is 1. The highest BCUT2D eigenvalue weighted by molar-refractivity contribution is 7.97. The molecule has 0 atom stereocenters. The summed E-state index contributed by atoms with van der Waals surface area (Å²) in [5.41, 5.74) is 2.90. The lowest BCUT2D eigenvalue weighted by atomic mass is 10.1. The molecule has 0 radical (unpaired) electrons. The molecule has 156 valence electrons. The fraction of sp³-hybridized carbons (Fsp3) is 0.381. The maximum absolute atomic E-state index is 14.4. The van der Waals surface area contributed by atoms with Crippen molar-refractivity contribution in [2.24, 2.45) is 0 Å². The molecule has 1 fully saturated rings. The van der Waals surface area contributed by atoms with Crippen LogP contribution in [0.3, 0.4) is 0 Å². The first-order valence-corrected chi connectivity index (χ1v) is 11.3. The third-order valence-corrected chi connectivity index (χ3v) is 6.36. The first kappa shape index (κ1) is 22.2. The Morgan fingerprint density at radius 2 is 1.86 bits per heavy atom. The monoisotopic (exact) mass is 455 g/mol. The fourth-order valence-electron chi connectivity index (χ4n) is 3.31. The molecule has 2 aromatic rings. The molecule has 1 amide bonds. The minimum Gasteiger partial charge on any atom is -0.369 e. The van der Waals surface area contributed by atoms with Crippen LogP contribution in [0.15, 0.2) is 30.3 Å². The topological polar surface area (TPSA) is 35.6 Å².